The third-order valence-corrected chi connectivity index (χ3v) is 19.8. The van der Waals surface area contributed by atoms with E-state index in [9.17, 15) is 0 Å². The first-order valence-corrected chi connectivity index (χ1v) is 32.5. The molecule has 10 heteroatoms. The van der Waals surface area contributed by atoms with Crippen molar-refractivity contribution < 1.29 is 35.1 Å². The maximum atomic E-state index is 17.0. The number of rotatable bonds is 15. The Morgan fingerprint density at radius 2 is 0.500 bits per heavy atom. The first-order valence-electron chi connectivity index (χ1n) is 32.5. The van der Waals surface area contributed by atoms with Crippen LogP contribution < -0.4 is 9.80 Å². The molecule has 0 fully saturated rings. The lowest BCUT2D eigenvalue weighted by molar-refractivity contribution is 0.426. The van der Waals surface area contributed by atoms with Gasteiger partial charge in [0, 0.05) is 57.4 Å². The normalized spacial score (nSPS) is 14.8. The third-order valence-electron chi connectivity index (χ3n) is 19.8. The Morgan fingerprint density at radius 1 is 0.240 bits per heavy atom. The minimum atomic E-state index is -1.91. The van der Waals surface area contributed by atoms with Crippen LogP contribution in [0.25, 0.3) is 67.8 Å². The van der Waals surface area contributed by atoms with Gasteiger partial charge in [-0.1, -0.05) is 244 Å². The van der Waals surface area contributed by atoms with Crippen LogP contribution in [-0.4, -0.2) is 0 Å². The lowest BCUT2D eigenvalue weighted by Gasteiger charge is -2.35. The van der Waals surface area contributed by atoms with Crippen LogP contribution in [0.3, 0.4) is 0 Å². The fourth-order valence-corrected chi connectivity index (χ4v) is 15.2. The summed E-state index contributed by atoms with van der Waals surface area (Å²) < 4.78 is 132. The van der Waals surface area contributed by atoms with E-state index in [1.165, 1.54) is 0 Å². The van der Waals surface area contributed by atoms with Gasteiger partial charge in [0.15, 0.2) is 46.5 Å². The molecule has 0 aliphatic heterocycles. The van der Waals surface area contributed by atoms with Crippen molar-refractivity contribution >= 4 is 46.3 Å². The molecule has 0 bridgehead atoms. The van der Waals surface area contributed by atoms with Gasteiger partial charge in [-0.05, 0) is 173 Å². The van der Waals surface area contributed by atoms with E-state index < -0.39 is 68.5 Å². The molecule has 2 aliphatic carbocycles. The zero-order valence-electron chi connectivity index (χ0n) is 53.4. The van der Waals surface area contributed by atoms with E-state index in [-0.39, 0.29) is 12.1 Å². The quantitative estimate of drug-likeness (QED) is 0.0746. The van der Waals surface area contributed by atoms with Crippen molar-refractivity contribution in [1.29, 1.82) is 0 Å². The minimum Gasteiger partial charge on any atom is -0.310 e. The number of anilines is 6. The van der Waals surface area contributed by atoms with E-state index in [0.717, 1.165) is 55.9 Å². The number of hydrogen-bond acceptors (Lipinski definition) is 2. The molecule has 14 aromatic rings. The molecule has 0 aromatic heterocycles. The summed E-state index contributed by atoms with van der Waals surface area (Å²) in [6.07, 6.45) is 3.28. The van der Waals surface area contributed by atoms with E-state index >= 15 is 35.1 Å². The Balaban J connectivity index is 0.831. The first-order chi connectivity index (χ1) is 48.8. The van der Waals surface area contributed by atoms with Crippen LogP contribution >= 0.6 is 0 Å². The molecule has 0 saturated carbocycles. The maximum absolute atomic E-state index is 17.0. The molecule has 0 N–H and O–H groups in total. The standard InChI is InChI=1S/C90H56F8N2/c1-3-55-23-35-63(36-24-55)89(83-85(95)79(91)53-80(92)86(83)96)75-21-13-11-19-71(75)73-49-47-69(51-77(73)89)99(65-39-27-59(28-40-65)57-15-7-5-8-16-57)67-43-31-61(32-44-67)62-33-45-68(46-34-62)100(66-41-29-60(30-42-66)58-17-9-6-10-18-58)70-48-50-74-72-20-12-14-22-76(72)90(78(74)52-70,64-37-25-56(4-2)26-38-64)84-87(97)81(93)54-82(94)88(84)98/h3-54H,1-2H2. The predicted octanol–water partition coefficient (Wildman–Crippen LogP) is 24.8. The molecule has 0 spiro atoms. The average molecular weight is 1320 g/mol. The Morgan fingerprint density at radius 3 is 0.800 bits per heavy atom. The molecular formula is C90H56F8N2. The number of hydrogen-bond donors (Lipinski definition) is 0. The zero-order valence-corrected chi connectivity index (χ0v) is 53.4. The molecule has 2 unspecified atom stereocenters. The maximum Gasteiger partial charge on any atom is 0.166 e. The van der Waals surface area contributed by atoms with Crippen molar-refractivity contribution in [2.24, 2.45) is 0 Å². The molecule has 100 heavy (non-hydrogen) atoms. The molecule has 0 saturated heterocycles. The highest BCUT2D eigenvalue weighted by Gasteiger charge is 2.52. The number of nitrogens with zero attached hydrogens (tertiary/aromatic N) is 2. The van der Waals surface area contributed by atoms with Crippen molar-refractivity contribution in [3.8, 4) is 55.6 Å². The summed E-state index contributed by atoms with van der Waals surface area (Å²) in [5.74, 6) is -12.2. The number of fused-ring (bicyclic) bond motifs is 6. The predicted molar refractivity (Wildman–Crippen MR) is 387 cm³/mol. The van der Waals surface area contributed by atoms with Gasteiger partial charge in [-0.25, -0.2) is 35.1 Å². The lowest BCUT2D eigenvalue weighted by Crippen LogP contribution is -2.32. The van der Waals surface area contributed by atoms with Gasteiger partial charge in [-0.3, -0.25) is 0 Å². The molecule has 0 radical (unpaired) electrons. The van der Waals surface area contributed by atoms with Crippen LogP contribution in [0.1, 0.15) is 55.6 Å². The molecule has 14 aromatic carbocycles. The Labute approximate surface area is 573 Å². The molecule has 0 heterocycles. The summed E-state index contributed by atoms with van der Waals surface area (Å²) in [7, 11) is 0. The zero-order chi connectivity index (χ0) is 68.6. The fourth-order valence-electron chi connectivity index (χ4n) is 15.2. The van der Waals surface area contributed by atoms with E-state index in [1.54, 1.807) is 84.9 Å². The largest absolute Gasteiger partial charge is 0.310 e. The highest BCUT2D eigenvalue weighted by atomic mass is 19.2. The van der Waals surface area contributed by atoms with Crippen molar-refractivity contribution in [1.82, 2.24) is 0 Å². The first kappa shape index (κ1) is 62.4. The van der Waals surface area contributed by atoms with E-state index in [0.29, 0.717) is 78.4 Å². The van der Waals surface area contributed by atoms with Crippen LogP contribution in [0.5, 0.6) is 0 Å². The average Bonchev–Trinajstić information content (AvgIpc) is 1.51. The summed E-state index contributed by atoms with van der Waals surface area (Å²) in [6, 6.07) is 92.0. The van der Waals surface area contributed by atoms with Crippen LogP contribution in [0.15, 0.2) is 316 Å². The summed E-state index contributed by atoms with van der Waals surface area (Å²) in [5.41, 5.74) is 10.7. The SMILES string of the molecule is C=Cc1ccc(C2(c3c(F)c(F)cc(F)c3F)c3ccccc3-c3ccc(N(c4ccc(-c5ccccc5)cc4)c4ccc(-c5ccc(N(c6ccc(-c7ccccc7)cc6)c6ccc7c(c6)C(c6ccc(C=C)cc6)(c6c(F)c(F)cc(F)c6F)c6ccccc6-7)cc5)cc4)cc32)cc1. The summed E-state index contributed by atoms with van der Waals surface area (Å²) in [4.78, 5) is 4.06. The Kier molecular flexibility index (Phi) is 15.5. The fraction of sp³-hybridized carbons (Fsp3) is 0.0222. The lowest BCUT2D eigenvalue weighted by atomic mass is 9.67. The summed E-state index contributed by atoms with van der Waals surface area (Å²) >= 11 is 0. The van der Waals surface area contributed by atoms with Gasteiger partial charge in [0.2, 0.25) is 0 Å². The second-order valence-corrected chi connectivity index (χ2v) is 25.0. The monoisotopic (exact) mass is 1320 g/mol. The number of halogens is 8. The van der Waals surface area contributed by atoms with Crippen molar-refractivity contribution in [3.63, 3.8) is 0 Å². The van der Waals surface area contributed by atoms with E-state index in [4.69, 9.17) is 0 Å². The van der Waals surface area contributed by atoms with Gasteiger partial charge < -0.3 is 9.80 Å². The highest BCUT2D eigenvalue weighted by Crippen LogP contribution is 2.61. The molecular weight excluding hydrogens is 1260 g/mol. The van der Waals surface area contributed by atoms with Gasteiger partial charge >= 0.3 is 0 Å². The topological polar surface area (TPSA) is 6.48 Å². The third kappa shape index (κ3) is 9.99. The molecule has 16 rings (SSSR count). The van der Waals surface area contributed by atoms with Gasteiger partial charge in [-0.15, -0.1) is 0 Å². The van der Waals surface area contributed by atoms with Crippen LogP contribution in [-0.2, 0) is 10.8 Å². The Hall–Kier alpha value is -12.4. The smallest absolute Gasteiger partial charge is 0.166 e. The minimum absolute atomic E-state index is 0.239. The van der Waals surface area contributed by atoms with E-state index in [2.05, 4.69) is 13.2 Å². The number of benzene rings is 14. The van der Waals surface area contributed by atoms with Gasteiger partial charge in [0.05, 0.1) is 10.8 Å². The second-order valence-electron chi connectivity index (χ2n) is 25.0. The molecule has 2 atom stereocenters. The Bertz CT molecular complexity index is 5130. The van der Waals surface area contributed by atoms with Crippen LogP contribution in [0.4, 0.5) is 69.2 Å². The van der Waals surface area contributed by atoms with E-state index in [1.807, 2.05) is 228 Å². The molecule has 2 nitrogen and oxygen atoms in total. The van der Waals surface area contributed by atoms with Gasteiger partial charge in [0.1, 0.15) is 0 Å². The van der Waals surface area contributed by atoms with Crippen molar-refractivity contribution in [2.45, 2.75) is 10.8 Å². The summed E-state index contributed by atoms with van der Waals surface area (Å²) in [6.45, 7) is 7.83. The van der Waals surface area contributed by atoms with Gasteiger partial charge in [-0.2, -0.15) is 0 Å². The van der Waals surface area contributed by atoms with Crippen molar-refractivity contribution in [3.05, 3.63) is 419 Å². The molecule has 0 amide bonds. The van der Waals surface area contributed by atoms with Crippen molar-refractivity contribution in [2.75, 3.05) is 9.80 Å². The van der Waals surface area contributed by atoms with Crippen LogP contribution in [0.2, 0.25) is 0 Å². The van der Waals surface area contributed by atoms with Gasteiger partial charge in [0.25, 0.3) is 0 Å². The molecule has 2 aliphatic rings. The summed E-state index contributed by atoms with van der Waals surface area (Å²) in [5, 5.41) is 0. The molecule has 482 valence electrons. The second kappa shape index (κ2) is 24.9. The van der Waals surface area contributed by atoms with Crippen LogP contribution in [0, 0.1) is 46.5 Å². The highest BCUT2D eigenvalue weighted by molar-refractivity contribution is 5.93.